The average Bonchev–Trinajstić information content (AvgIpc) is 3.18. The van der Waals surface area contributed by atoms with E-state index in [1.54, 1.807) is 0 Å². The minimum Gasteiger partial charge on any atom is -0.445 e. The molecule has 0 atom stereocenters. The summed E-state index contributed by atoms with van der Waals surface area (Å²) < 4.78 is 62.3. The zero-order valence-corrected chi connectivity index (χ0v) is 28.9. The molecule has 0 aromatic heterocycles. The third kappa shape index (κ3) is 24.2. The molecule has 0 aromatic rings. The zero-order chi connectivity index (χ0) is 42.6. The topological polar surface area (TPSA) is 437 Å². The number of carbonyl (C=O) groups is 6. The predicted molar refractivity (Wildman–Crippen MR) is 163 cm³/mol. The molecule has 0 bridgehead atoms. The minimum absolute atomic E-state index is 0.697. The molecule has 6 N–H and O–H groups in total. The lowest BCUT2D eigenvalue weighted by Crippen LogP contribution is -2.55. The number of alkyl carbamates (subject to hydrolysis) is 6. The summed E-state index contributed by atoms with van der Waals surface area (Å²) in [5, 5.41) is 63.2. The Morgan fingerprint density at radius 2 is 0.561 bits per heavy atom. The molecule has 0 fully saturated rings. The van der Waals surface area contributed by atoms with Crippen molar-refractivity contribution in [2.45, 2.75) is 11.2 Å². The monoisotopic (exact) mass is 814 g/mol. The first kappa shape index (κ1) is 48.3. The van der Waals surface area contributed by atoms with E-state index in [9.17, 15) is 28.8 Å². The molecule has 0 aliphatic rings. The molecule has 0 radical (unpaired) electrons. The van der Waals surface area contributed by atoms with E-state index in [0.717, 1.165) is 0 Å². The molecule has 0 heterocycles. The number of nitriles is 6. The van der Waals surface area contributed by atoms with E-state index in [0.29, 0.717) is 0 Å². The summed E-state index contributed by atoms with van der Waals surface area (Å²) in [6, 6.07) is 0. The van der Waals surface area contributed by atoms with Crippen molar-refractivity contribution in [3.8, 4) is 37.5 Å². The van der Waals surface area contributed by atoms with Crippen LogP contribution >= 0.6 is 0 Å². The third-order valence-corrected chi connectivity index (χ3v) is 5.33. The Balaban J connectivity index is 6.84. The summed E-state index contributed by atoms with van der Waals surface area (Å²) in [7, 11) is 0. The molecule has 31 heteroatoms. The van der Waals surface area contributed by atoms with Gasteiger partial charge < -0.3 is 61.6 Å². The summed E-state index contributed by atoms with van der Waals surface area (Å²) >= 11 is 0. The first-order valence-corrected chi connectivity index (χ1v) is 14.6. The summed E-state index contributed by atoms with van der Waals surface area (Å²) in [6.07, 6.45) is -0.561. The quantitative estimate of drug-likeness (QED) is 0.0229. The van der Waals surface area contributed by atoms with Crippen molar-refractivity contribution in [1.29, 1.82) is 31.6 Å². The minimum atomic E-state index is -2.45. The van der Waals surface area contributed by atoms with Crippen molar-refractivity contribution in [2.24, 2.45) is 0 Å². The molecular formula is C26H30N12O19. The number of amides is 6. The largest absolute Gasteiger partial charge is 0.445 e. The van der Waals surface area contributed by atoms with Gasteiger partial charge in [0.1, 0.15) is 26.4 Å². The third-order valence-electron chi connectivity index (χ3n) is 5.33. The highest BCUT2D eigenvalue weighted by Gasteiger charge is 2.43. The van der Waals surface area contributed by atoms with Crippen molar-refractivity contribution in [3.05, 3.63) is 0 Å². The van der Waals surface area contributed by atoms with Gasteiger partial charge >= 0.3 is 36.6 Å². The van der Waals surface area contributed by atoms with Gasteiger partial charge in [-0.25, -0.2) is 28.8 Å². The first-order valence-electron chi connectivity index (χ1n) is 14.6. The normalized spacial score (nSPS) is 9.58. The molecule has 0 spiro atoms. The van der Waals surface area contributed by atoms with Crippen LogP contribution in [0.25, 0.3) is 0 Å². The smallest absolute Gasteiger partial charge is 0.410 e. The van der Waals surface area contributed by atoms with Crippen LogP contribution in [0.1, 0.15) is 0 Å². The highest BCUT2D eigenvalue weighted by Crippen LogP contribution is 2.20. The van der Waals surface area contributed by atoms with E-state index in [2.05, 4.69) is 28.4 Å². The summed E-state index contributed by atoms with van der Waals surface area (Å²) in [5.41, 5.74) is -4.90. The highest BCUT2D eigenvalue weighted by molar-refractivity contribution is 5.70. The molecular weight excluding hydrogens is 784 g/mol. The molecule has 0 saturated heterocycles. The zero-order valence-electron chi connectivity index (χ0n) is 28.9. The molecule has 57 heavy (non-hydrogen) atoms. The van der Waals surface area contributed by atoms with Crippen LogP contribution in [-0.2, 0) is 61.6 Å². The average molecular weight is 815 g/mol. The van der Waals surface area contributed by atoms with Crippen molar-refractivity contribution >= 4 is 36.6 Å². The lowest BCUT2D eigenvalue weighted by molar-refractivity contribution is -0.151. The van der Waals surface area contributed by atoms with Gasteiger partial charge in [0, 0.05) is 0 Å². The van der Waals surface area contributed by atoms with Gasteiger partial charge in [0.25, 0.3) is 37.5 Å². The van der Waals surface area contributed by atoms with Gasteiger partial charge in [-0.05, 0) is 0 Å². The number of nitrogens with one attached hydrogen (secondary N) is 6. The molecule has 0 saturated carbocycles. The van der Waals surface area contributed by atoms with E-state index in [1.807, 2.05) is 31.9 Å². The Bertz CT molecular complexity index is 1390. The second kappa shape index (κ2) is 29.9. The van der Waals surface area contributed by atoms with Crippen molar-refractivity contribution < 1.29 is 90.3 Å². The van der Waals surface area contributed by atoms with Crippen LogP contribution in [0, 0.1) is 69.1 Å². The molecule has 0 unspecified atom stereocenters. The van der Waals surface area contributed by atoms with Crippen LogP contribution < -0.4 is 31.9 Å². The number of rotatable bonds is 26. The van der Waals surface area contributed by atoms with E-state index < -0.39 is 128 Å². The number of ether oxygens (including phenoxy) is 13. The van der Waals surface area contributed by atoms with E-state index >= 15 is 0 Å². The Hall–Kier alpha value is -8.68. The van der Waals surface area contributed by atoms with Gasteiger partial charge in [-0.2, -0.15) is 31.6 Å². The van der Waals surface area contributed by atoms with Crippen LogP contribution in [0.15, 0.2) is 0 Å². The van der Waals surface area contributed by atoms with Crippen molar-refractivity contribution in [2.75, 3.05) is 80.0 Å². The fourth-order valence-corrected chi connectivity index (χ4v) is 3.07. The fraction of sp³-hybridized carbons (Fsp3) is 0.538. The molecule has 31 nitrogen and oxygen atoms in total. The fourth-order valence-electron chi connectivity index (χ4n) is 3.07. The molecule has 0 aliphatic heterocycles. The van der Waals surface area contributed by atoms with Crippen LogP contribution in [0.4, 0.5) is 28.8 Å². The van der Waals surface area contributed by atoms with Crippen LogP contribution in [0.5, 0.6) is 0 Å². The first-order chi connectivity index (χ1) is 27.4. The summed E-state index contributed by atoms with van der Waals surface area (Å²) in [6.45, 7) is -10.8. The molecule has 0 aliphatic carbocycles. The van der Waals surface area contributed by atoms with Gasteiger partial charge in [-0.1, -0.05) is 0 Å². The van der Waals surface area contributed by atoms with Gasteiger partial charge in [0.05, 0.1) is 13.2 Å². The lowest BCUT2D eigenvalue weighted by Gasteiger charge is -2.35. The van der Waals surface area contributed by atoms with E-state index in [4.69, 9.17) is 64.7 Å². The number of carbonyl (C=O) groups excluding carboxylic acids is 6. The van der Waals surface area contributed by atoms with E-state index in [1.165, 1.54) is 37.5 Å². The van der Waals surface area contributed by atoms with Crippen LogP contribution in [0.3, 0.4) is 0 Å². The number of hydrogen-bond acceptors (Lipinski definition) is 25. The summed E-state index contributed by atoms with van der Waals surface area (Å²) in [5.74, 6) is 0. The lowest BCUT2D eigenvalue weighted by atomic mass is 10.1. The molecule has 0 rings (SSSR count). The number of hydrogen-bond donors (Lipinski definition) is 6. The summed E-state index contributed by atoms with van der Waals surface area (Å²) in [4.78, 5) is 74.8. The van der Waals surface area contributed by atoms with Gasteiger partial charge in [0.2, 0.25) is 11.2 Å². The Morgan fingerprint density at radius 1 is 0.351 bits per heavy atom. The van der Waals surface area contributed by atoms with Gasteiger partial charge in [-0.3, -0.25) is 31.9 Å². The maximum atomic E-state index is 12.7. The SMILES string of the molecule is N#COCNC(=O)OCC(COCC(COC(=O)NCOC#N)(COC(=O)NCOC#N)OC(=O)NCOC#N)(COC(=O)NCOC#N)OC(=O)NCOC#N. The van der Waals surface area contributed by atoms with Crippen molar-refractivity contribution in [3.63, 3.8) is 0 Å². The van der Waals surface area contributed by atoms with Crippen LogP contribution in [-0.4, -0.2) is 128 Å². The standard InChI is InChI=1S/C26H30N12O19/c27-7-46-13-33-19(39)52-3-25(56-23(43)37-17-50-11-31,4-53-20(40)34-14-47-8-28)1-45-2-26(57-24(44)38-18-51-12-32,5-54-21(41)35-15-48-9-29)6-55-22(42)36-16-49-10-30/h1-6,13-18H2,(H,33,39)(H,34,40)(H,35,41)(H,36,42)(H,37,43)(H,38,44). The van der Waals surface area contributed by atoms with Gasteiger partial charge in [0.15, 0.2) is 40.4 Å². The molecule has 6 amide bonds. The maximum absolute atomic E-state index is 12.7. The molecule has 0 aromatic carbocycles. The maximum Gasteiger partial charge on any atom is 0.410 e. The Labute approximate surface area is 319 Å². The van der Waals surface area contributed by atoms with Crippen LogP contribution in [0.2, 0.25) is 0 Å². The Morgan fingerprint density at radius 3 is 0.772 bits per heavy atom. The Kier molecular flexibility index (Phi) is 25.3. The molecule has 308 valence electrons. The van der Waals surface area contributed by atoms with Crippen molar-refractivity contribution in [1.82, 2.24) is 31.9 Å². The second-order valence-electron chi connectivity index (χ2n) is 9.28. The number of nitrogens with zero attached hydrogens (tertiary/aromatic N) is 6. The van der Waals surface area contributed by atoms with E-state index in [-0.39, 0.29) is 0 Å². The second-order valence-corrected chi connectivity index (χ2v) is 9.28. The van der Waals surface area contributed by atoms with Gasteiger partial charge in [-0.15, -0.1) is 0 Å². The highest BCUT2D eigenvalue weighted by atomic mass is 16.7. The predicted octanol–water partition coefficient (Wildman–Crippen LogP) is -2.43.